The van der Waals surface area contributed by atoms with Gasteiger partial charge in [-0.05, 0) is 6.92 Å². The van der Waals surface area contributed by atoms with Crippen LogP contribution < -0.4 is 4.72 Å². The fraction of sp³-hybridized carbons (Fsp3) is 0.667. The molecule has 0 rings (SSSR count). The van der Waals surface area contributed by atoms with Crippen molar-refractivity contribution in [3.63, 3.8) is 0 Å². The van der Waals surface area contributed by atoms with Crippen molar-refractivity contribution < 1.29 is 21.6 Å². The Hall–Kier alpha value is -0.300. The van der Waals surface area contributed by atoms with Gasteiger partial charge in [0, 0.05) is 6.54 Å². The van der Waals surface area contributed by atoms with Gasteiger partial charge in [-0.1, -0.05) is 0 Å². The maximum absolute atomic E-state index is 11.3. The van der Waals surface area contributed by atoms with Crippen molar-refractivity contribution in [1.29, 1.82) is 0 Å². The summed E-state index contributed by atoms with van der Waals surface area (Å²) < 4.78 is 55.2. The van der Waals surface area contributed by atoms with E-state index in [0.29, 0.717) is 6.54 Å². The summed E-state index contributed by atoms with van der Waals surface area (Å²) in [7, 11) is -5.15. The van der Waals surface area contributed by atoms with E-state index in [1.807, 2.05) is 0 Å². The lowest BCUT2D eigenvalue weighted by molar-refractivity contribution is -0.0445. The van der Waals surface area contributed by atoms with Crippen molar-refractivity contribution in [3.05, 3.63) is 6.54 Å². The molecule has 1 N–H and O–H groups in total. The third-order valence-corrected chi connectivity index (χ3v) is 1.73. The van der Waals surface area contributed by atoms with E-state index in [2.05, 4.69) is 0 Å². The first-order valence-corrected chi connectivity index (χ1v) is 3.66. The molecule has 0 aromatic carbocycles. The average Bonchev–Trinajstić information content (AvgIpc) is 1.61. The molecule has 0 spiro atoms. The van der Waals surface area contributed by atoms with Crippen LogP contribution in [0.15, 0.2) is 0 Å². The summed E-state index contributed by atoms with van der Waals surface area (Å²) in [6.45, 7) is 1.84. The molecule has 0 atom stereocenters. The molecule has 0 amide bonds. The molecule has 10 heavy (non-hydrogen) atoms. The maximum Gasteiger partial charge on any atom is 0.511 e. The Morgan fingerprint density at radius 2 is 1.80 bits per heavy atom. The van der Waals surface area contributed by atoms with E-state index >= 15 is 0 Å². The quantitative estimate of drug-likeness (QED) is 0.669. The lowest BCUT2D eigenvalue weighted by atomic mass is 10.8. The van der Waals surface area contributed by atoms with E-state index in [9.17, 15) is 21.6 Å². The van der Waals surface area contributed by atoms with Crippen LogP contribution in [0, 0.1) is 6.54 Å². The van der Waals surface area contributed by atoms with Crippen molar-refractivity contribution in [2.45, 2.75) is 12.4 Å². The Morgan fingerprint density at radius 1 is 1.40 bits per heavy atom. The second-order valence-corrected chi connectivity index (χ2v) is 3.06. The van der Waals surface area contributed by atoms with Crippen LogP contribution in [-0.2, 0) is 10.0 Å². The molecule has 61 valence electrons. The van der Waals surface area contributed by atoms with E-state index in [1.165, 1.54) is 4.72 Å². The Balaban J connectivity index is 4.44. The van der Waals surface area contributed by atoms with E-state index in [1.54, 1.807) is 0 Å². The van der Waals surface area contributed by atoms with Gasteiger partial charge in [0.2, 0.25) is 0 Å². The molecule has 0 aliphatic rings. The highest BCUT2D eigenvalue weighted by atomic mass is 32.2. The smallest absolute Gasteiger partial charge is 0.203 e. The van der Waals surface area contributed by atoms with Crippen molar-refractivity contribution in [2.24, 2.45) is 0 Å². The predicted molar refractivity (Wildman–Crippen MR) is 28.1 cm³/mol. The van der Waals surface area contributed by atoms with Gasteiger partial charge >= 0.3 is 15.5 Å². The number of hydrogen-bond donors (Lipinski definition) is 1. The molecule has 0 saturated carbocycles. The Morgan fingerprint density at radius 3 is 1.90 bits per heavy atom. The van der Waals surface area contributed by atoms with Crippen LogP contribution in [0.1, 0.15) is 6.92 Å². The predicted octanol–water partition coefficient (Wildman–Crippen LogP) is 0.607. The first-order chi connectivity index (χ1) is 4.31. The molecule has 3 nitrogen and oxygen atoms in total. The summed E-state index contributed by atoms with van der Waals surface area (Å²) in [5, 5.41) is 0. The van der Waals surface area contributed by atoms with Gasteiger partial charge in [-0.3, -0.25) is 0 Å². The monoisotopic (exact) mass is 176 g/mol. The zero-order chi connectivity index (χ0) is 8.41. The van der Waals surface area contributed by atoms with Crippen molar-refractivity contribution in [1.82, 2.24) is 4.72 Å². The normalized spacial score (nSPS) is 13.6. The van der Waals surface area contributed by atoms with Gasteiger partial charge in [-0.15, -0.1) is 0 Å². The number of halogens is 3. The number of nitrogens with one attached hydrogen (secondary N) is 1. The summed E-state index contributed by atoms with van der Waals surface area (Å²) in [6, 6.07) is 0. The third kappa shape index (κ3) is 2.14. The number of alkyl halides is 3. The average molecular weight is 176 g/mol. The third-order valence-electron chi connectivity index (χ3n) is 0.578. The Bertz CT molecular complexity index is 194. The zero-order valence-corrected chi connectivity index (χ0v) is 5.75. The molecule has 7 heteroatoms. The van der Waals surface area contributed by atoms with Gasteiger partial charge in [-0.25, -0.2) is 13.1 Å². The molecule has 0 fully saturated rings. The van der Waals surface area contributed by atoms with Crippen molar-refractivity contribution in [3.8, 4) is 0 Å². The fourth-order valence-electron chi connectivity index (χ4n) is 0.222. The molecule has 1 radical (unpaired) electrons. The van der Waals surface area contributed by atoms with Gasteiger partial charge in [0.25, 0.3) is 0 Å². The lowest BCUT2D eigenvalue weighted by Gasteiger charge is -2.05. The second kappa shape index (κ2) is 2.75. The maximum atomic E-state index is 11.3. The molecule has 0 heterocycles. The van der Waals surface area contributed by atoms with Crippen molar-refractivity contribution >= 4 is 10.0 Å². The highest BCUT2D eigenvalue weighted by Gasteiger charge is 2.45. The molecule has 0 saturated heterocycles. The summed E-state index contributed by atoms with van der Waals surface area (Å²) in [5.41, 5.74) is -5.22. The molecule has 0 aromatic heterocycles. The Kier molecular flexibility index (Phi) is 2.67. The Labute approximate surface area is 56.3 Å². The van der Waals surface area contributed by atoms with Crippen LogP contribution in [0.5, 0.6) is 0 Å². The number of rotatable bonds is 2. The topological polar surface area (TPSA) is 46.2 Å². The first-order valence-electron chi connectivity index (χ1n) is 2.17. The SMILES string of the molecule is C[CH]NS(=O)(=O)C(F)(F)F. The van der Waals surface area contributed by atoms with Gasteiger partial charge in [0.05, 0.1) is 0 Å². The molecular weight excluding hydrogens is 171 g/mol. The number of sulfonamides is 1. The minimum absolute atomic E-state index is 0.697. The second-order valence-electron chi connectivity index (χ2n) is 1.36. The van der Waals surface area contributed by atoms with E-state index in [4.69, 9.17) is 0 Å². The summed E-state index contributed by atoms with van der Waals surface area (Å²) >= 11 is 0. The summed E-state index contributed by atoms with van der Waals surface area (Å²) in [4.78, 5) is 0. The highest BCUT2D eigenvalue weighted by molar-refractivity contribution is 7.90. The first kappa shape index (κ1) is 9.70. The van der Waals surface area contributed by atoms with E-state index in [-0.39, 0.29) is 0 Å². The molecule has 0 aliphatic heterocycles. The van der Waals surface area contributed by atoms with Gasteiger partial charge in [-0.2, -0.15) is 13.2 Å². The van der Waals surface area contributed by atoms with Crippen LogP contribution in [0.4, 0.5) is 13.2 Å². The standard InChI is InChI=1S/C3H5F3NO2S/c1-2-7-10(8,9)3(4,5)6/h2,7H,1H3. The van der Waals surface area contributed by atoms with Gasteiger partial charge in [0.15, 0.2) is 0 Å². The summed E-state index contributed by atoms with van der Waals surface area (Å²) in [5.74, 6) is 0. The minimum atomic E-state index is -5.22. The minimum Gasteiger partial charge on any atom is -0.203 e. The lowest BCUT2D eigenvalue weighted by Crippen LogP contribution is -2.34. The molecule has 0 bridgehead atoms. The van der Waals surface area contributed by atoms with Gasteiger partial charge in [0.1, 0.15) is 0 Å². The molecule has 0 aliphatic carbocycles. The molecule has 0 unspecified atom stereocenters. The summed E-state index contributed by atoms with van der Waals surface area (Å²) in [6.07, 6.45) is 0. The van der Waals surface area contributed by atoms with Gasteiger partial charge < -0.3 is 0 Å². The van der Waals surface area contributed by atoms with Crippen LogP contribution in [0.2, 0.25) is 0 Å². The van der Waals surface area contributed by atoms with Crippen molar-refractivity contribution in [2.75, 3.05) is 0 Å². The highest BCUT2D eigenvalue weighted by Crippen LogP contribution is 2.21. The van der Waals surface area contributed by atoms with Crippen LogP contribution in [0.3, 0.4) is 0 Å². The number of hydrogen-bond acceptors (Lipinski definition) is 2. The van der Waals surface area contributed by atoms with Crippen LogP contribution >= 0.6 is 0 Å². The largest absolute Gasteiger partial charge is 0.511 e. The fourth-order valence-corrected chi connectivity index (χ4v) is 0.666. The van der Waals surface area contributed by atoms with Crippen LogP contribution in [-0.4, -0.2) is 13.9 Å². The van der Waals surface area contributed by atoms with Crippen LogP contribution in [0.25, 0.3) is 0 Å². The van der Waals surface area contributed by atoms with E-state index in [0.717, 1.165) is 6.92 Å². The molecular formula is C3H5F3NO2S. The molecule has 0 aromatic rings. The van der Waals surface area contributed by atoms with E-state index < -0.39 is 15.5 Å². The zero-order valence-electron chi connectivity index (χ0n) is 4.94.